The van der Waals surface area contributed by atoms with E-state index >= 15 is 0 Å². The van der Waals surface area contributed by atoms with Crippen molar-refractivity contribution in [2.45, 2.75) is 19.3 Å². The number of aromatic nitrogens is 1. The average Bonchev–Trinajstić information content (AvgIpc) is 3.32. The maximum absolute atomic E-state index is 13.3. The van der Waals surface area contributed by atoms with Crippen LogP contribution in [0.1, 0.15) is 35.1 Å². The van der Waals surface area contributed by atoms with Gasteiger partial charge in [0.2, 0.25) is 5.91 Å². The van der Waals surface area contributed by atoms with Crippen LogP contribution in [-0.4, -0.2) is 10.9 Å². The van der Waals surface area contributed by atoms with Crippen molar-refractivity contribution in [2.24, 2.45) is 5.41 Å². The third-order valence-electron chi connectivity index (χ3n) is 5.28. The Balaban J connectivity index is 1.84. The molecule has 1 N–H and O–H groups in total. The highest BCUT2D eigenvalue weighted by Gasteiger charge is 2.49. The quantitative estimate of drug-likeness (QED) is 0.653. The Kier molecular flexibility index (Phi) is 4.43. The SMILES string of the molecule is [C-]#[N+]c1cccc([C@H]2c3cc(C#N)ccc3C[C@@]2(C)C(=O)Nc2nccs2)c1. The summed E-state index contributed by atoms with van der Waals surface area (Å²) in [6.45, 7) is 9.27. The highest BCUT2D eigenvalue weighted by atomic mass is 32.1. The molecule has 0 spiro atoms. The number of anilines is 1. The number of nitrogens with one attached hydrogen (secondary N) is 1. The number of carbonyl (C=O) groups is 1. The number of benzene rings is 2. The molecule has 2 atom stereocenters. The first-order valence-electron chi connectivity index (χ1n) is 8.76. The maximum atomic E-state index is 13.3. The van der Waals surface area contributed by atoms with Gasteiger partial charge >= 0.3 is 0 Å². The Bertz CT molecular complexity index is 1140. The van der Waals surface area contributed by atoms with Crippen LogP contribution in [0, 0.1) is 23.3 Å². The molecule has 1 aliphatic carbocycles. The molecule has 0 saturated heterocycles. The summed E-state index contributed by atoms with van der Waals surface area (Å²) < 4.78 is 0. The van der Waals surface area contributed by atoms with Gasteiger partial charge in [0.1, 0.15) is 0 Å². The van der Waals surface area contributed by atoms with Gasteiger partial charge in [-0.25, -0.2) is 9.83 Å². The summed E-state index contributed by atoms with van der Waals surface area (Å²) in [4.78, 5) is 21.0. The predicted octanol–water partition coefficient (Wildman–Crippen LogP) is 4.90. The zero-order valence-electron chi connectivity index (χ0n) is 15.1. The monoisotopic (exact) mass is 384 g/mol. The molecule has 3 aromatic rings. The molecule has 0 bridgehead atoms. The first-order chi connectivity index (χ1) is 13.5. The first-order valence-corrected chi connectivity index (χ1v) is 9.64. The number of carbonyl (C=O) groups excluding carboxylic acids is 1. The Morgan fingerprint density at radius 3 is 2.96 bits per heavy atom. The van der Waals surface area contributed by atoms with Gasteiger partial charge in [0.25, 0.3) is 0 Å². The number of rotatable bonds is 3. The largest absolute Gasteiger partial charge is 0.301 e. The molecule has 136 valence electrons. The molecule has 0 aliphatic heterocycles. The van der Waals surface area contributed by atoms with E-state index in [0.717, 1.165) is 16.7 Å². The fourth-order valence-corrected chi connectivity index (χ4v) is 4.52. The van der Waals surface area contributed by atoms with E-state index in [1.54, 1.807) is 18.3 Å². The van der Waals surface area contributed by atoms with Crippen LogP contribution < -0.4 is 5.32 Å². The Labute approximate surface area is 167 Å². The summed E-state index contributed by atoms with van der Waals surface area (Å²) >= 11 is 1.38. The van der Waals surface area contributed by atoms with E-state index < -0.39 is 5.41 Å². The van der Waals surface area contributed by atoms with Crippen LogP contribution in [-0.2, 0) is 11.2 Å². The minimum absolute atomic E-state index is 0.115. The van der Waals surface area contributed by atoms with E-state index in [1.807, 2.05) is 42.6 Å². The van der Waals surface area contributed by atoms with Crippen molar-refractivity contribution in [1.82, 2.24) is 4.98 Å². The molecule has 1 aliphatic rings. The summed E-state index contributed by atoms with van der Waals surface area (Å²) in [5, 5.41) is 14.7. The number of hydrogen-bond acceptors (Lipinski definition) is 4. The minimum atomic E-state index is -0.761. The molecule has 28 heavy (non-hydrogen) atoms. The molecule has 1 aromatic heterocycles. The van der Waals surface area contributed by atoms with E-state index in [0.29, 0.717) is 22.8 Å². The van der Waals surface area contributed by atoms with Gasteiger partial charge in [-0.15, -0.1) is 11.3 Å². The fourth-order valence-electron chi connectivity index (χ4n) is 3.99. The number of fused-ring (bicyclic) bond motifs is 1. The van der Waals surface area contributed by atoms with Gasteiger partial charge in [0.05, 0.1) is 23.6 Å². The summed E-state index contributed by atoms with van der Waals surface area (Å²) in [5.74, 6) is -0.368. The molecule has 1 amide bonds. The Hall–Kier alpha value is -3.48. The van der Waals surface area contributed by atoms with E-state index in [1.165, 1.54) is 11.3 Å². The molecule has 4 rings (SSSR count). The van der Waals surface area contributed by atoms with Gasteiger partial charge in [-0.2, -0.15) is 5.26 Å². The number of hydrogen-bond donors (Lipinski definition) is 1. The van der Waals surface area contributed by atoms with E-state index in [9.17, 15) is 10.1 Å². The van der Waals surface area contributed by atoms with Crippen LogP contribution in [0.2, 0.25) is 0 Å². The van der Waals surface area contributed by atoms with Crippen molar-refractivity contribution < 1.29 is 4.79 Å². The standard InChI is InChI=1S/C22H16N4OS/c1-22(20(27)26-21-25-8-9-28-21)12-16-7-6-14(13-23)10-18(16)19(22)15-4-3-5-17(11-15)24-2/h3-11,19H,12H2,1H3,(H,25,26,27)/t19-,22+/m0/s1. The smallest absolute Gasteiger partial charge is 0.233 e. The lowest BCUT2D eigenvalue weighted by Crippen LogP contribution is -2.37. The summed E-state index contributed by atoms with van der Waals surface area (Å²) in [6.07, 6.45) is 2.21. The van der Waals surface area contributed by atoms with Crippen LogP contribution in [0.3, 0.4) is 0 Å². The summed E-state index contributed by atoms with van der Waals surface area (Å²) in [5.41, 5.74) is 3.26. The van der Waals surface area contributed by atoms with Crippen molar-refractivity contribution in [2.75, 3.05) is 5.32 Å². The molecule has 0 saturated carbocycles. The van der Waals surface area contributed by atoms with Gasteiger partial charge in [0.15, 0.2) is 10.8 Å². The molecule has 0 unspecified atom stereocenters. The van der Waals surface area contributed by atoms with Crippen LogP contribution in [0.5, 0.6) is 0 Å². The summed E-state index contributed by atoms with van der Waals surface area (Å²) in [6, 6.07) is 15.2. The molecular formula is C22H16N4OS. The number of amides is 1. The van der Waals surface area contributed by atoms with E-state index in [2.05, 4.69) is 21.2 Å². The van der Waals surface area contributed by atoms with Crippen molar-refractivity contribution in [3.63, 3.8) is 0 Å². The zero-order valence-corrected chi connectivity index (χ0v) is 16.0. The predicted molar refractivity (Wildman–Crippen MR) is 108 cm³/mol. The zero-order chi connectivity index (χ0) is 19.7. The van der Waals surface area contributed by atoms with Crippen LogP contribution in [0.4, 0.5) is 10.8 Å². The lowest BCUT2D eigenvalue weighted by molar-refractivity contribution is -0.125. The molecule has 2 aromatic carbocycles. The van der Waals surface area contributed by atoms with Crippen LogP contribution in [0.25, 0.3) is 4.85 Å². The highest BCUT2D eigenvalue weighted by Crippen LogP contribution is 2.52. The van der Waals surface area contributed by atoms with E-state index in [4.69, 9.17) is 6.57 Å². The Morgan fingerprint density at radius 2 is 2.25 bits per heavy atom. The van der Waals surface area contributed by atoms with Crippen molar-refractivity contribution in [3.8, 4) is 6.07 Å². The molecule has 0 radical (unpaired) electrons. The second kappa shape index (κ2) is 6.92. The van der Waals surface area contributed by atoms with Crippen molar-refractivity contribution in [3.05, 3.63) is 87.7 Å². The molecule has 0 fully saturated rings. The van der Waals surface area contributed by atoms with Gasteiger partial charge < -0.3 is 5.32 Å². The van der Waals surface area contributed by atoms with Crippen LogP contribution >= 0.6 is 11.3 Å². The topological polar surface area (TPSA) is 70.1 Å². The molecule has 6 heteroatoms. The molecular weight excluding hydrogens is 368 g/mol. The molecule has 5 nitrogen and oxygen atoms in total. The highest BCUT2D eigenvalue weighted by molar-refractivity contribution is 7.13. The maximum Gasteiger partial charge on any atom is 0.233 e. The number of thiazole rings is 1. The normalized spacial score (nSPS) is 20.0. The Morgan fingerprint density at radius 1 is 1.39 bits per heavy atom. The van der Waals surface area contributed by atoms with Gasteiger partial charge in [0, 0.05) is 17.5 Å². The van der Waals surface area contributed by atoms with Crippen molar-refractivity contribution in [1.29, 1.82) is 5.26 Å². The summed E-state index contributed by atoms with van der Waals surface area (Å²) in [7, 11) is 0. The molecule has 1 heterocycles. The van der Waals surface area contributed by atoms with Crippen LogP contribution in [0.15, 0.2) is 54.0 Å². The van der Waals surface area contributed by atoms with Gasteiger partial charge in [-0.3, -0.25) is 4.79 Å². The van der Waals surface area contributed by atoms with E-state index in [-0.39, 0.29) is 11.8 Å². The second-order valence-electron chi connectivity index (χ2n) is 7.05. The third-order valence-corrected chi connectivity index (χ3v) is 5.97. The van der Waals surface area contributed by atoms with Gasteiger partial charge in [-0.1, -0.05) is 30.3 Å². The fraction of sp³-hybridized carbons (Fsp3) is 0.182. The number of nitriles is 1. The van der Waals surface area contributed by atoms with Crippen molar-refractivity contribution >= 4 is 28.1 Å². The lowest BCUT2D eigenvalue weighted by Gasteiger charge is -2.31. The van der Waals surface area contributed by atoms with Gasteiger partial charge in [-0.05, 0) is 42.2 Å². The second-order valence-corrected chi connectivity index (χ2v) is 7.95. The average molecular weight is 384 g/mol. The lowest BCUT2D eigenvalue weighted by atomic mass is 9.73. The number of nitrogens with zero attached hydrogens (tertiary/aromatic N) is 3. The minimum Gasteiger partial charge on any atom is -0.301 e. The first kappa shape index (κ1) is 17.9. The third kappa shape index (κ3) is 2.94.